The molecule has 0 radical (unpaired) electrons. The lowest BCUT2D eigenvalue weighted by molar-refractivity contribution is -0.158. The number of sulfonamides is 1. The van der Waals surface area contributed by atoms with Crippen molar-refractivity contribution in [1.29, 1.82) is 5.41 Å². The summed E-state index contributed by atoms with van der Waals surface area (Å²) in [6.45, 7) is 3.47. The maximum Gasteiger partial charge on any atom is 0.347 e. The molecular weight excluding hydrogens is 480 g/mol. The first-order valence-corrected chi connectivity index (χ1v) is 12.4. The van der Waals surface area contributed by atoms with E-state index in [9.17, 15) is 32.7 Å². The molecule has 5 N–H and O–H groups in total. The molecule has 14 heteroatoms. The van der Waals surface area contributed by atoms with Gasteiger partial charge in [-0.25, -0.2) is 18.2 Å². The largest absolute Gasteiger partial charge is 0.480 e. The summed E-state index contributed by atoms with van der Waals surface area (Å²) in [5.74, 6) is -3.75. The number of hydrogen-bond donors (Lipinski definition) is 4. The summed E-state index contributed by atoms with van der Waals surface area (Å²) < 4.78 is 26.6. The van der Waals surface area contributed by atoms with Crippen molar-refractivity contribution in [2.75, 3.05) is 19.3 Å². The lowest BCUT2D eigenvalue weighted by atomic mass is 9.90. The Kier molecular flexibility index (Phi) is 8.23. The minimum absolute atomic E-state index is 0.186. The van der Waals surface area contributed by atoms with Crippen molar-refractivity contribution in [1.82, 2.24) is 19.6 Å². The SMILES string of the molecule is CCCCS(=O)(=O)NC(CN(C(C)=O)N1C(=O)N(C)C(C)(c2ccc(C(=N)N)cc2)C1=O)C(=O)O. The monoisotopic (exact) mass is 510 g/mol. The molecule has 1 aromatic carbocycles. The smallest absolute Gasteiger partial charge is 0.347 e. The maximum absolute atomic E-state index is 13.5. The summed E-state index contributed by atoms with van der Waals surface area (Å²) in [4.78, 5) is 51.9. The number of nitrogens with one attached hydrogen (secondary N) is 2. The number of hydrazine groups is 1. The number of nitrogen functional groups attached to an aromatic ring is 1. The quantitative estimate of drug-likeness (QED) is 0.182. The molecule has 1 saturated heterocycles. The molecule has 0 aromatic heterocycles. The van der Waals surface area contributed by atoms with E-state index in [-0.39, 0.29) is 11.6 Å². The first-order valence-electron chi connectivity index (χ1n) is 10.8. The lowest BCUT2D eigenvalue weighted by Crippen LogP contribution is -2.57. The van der Waals surface area contributed by atoms with Crippen LogP contribution >= 0.6 is 0 Å². The van der Waals surface area contributed by atoms with Gasteiger partial charge in [0.2, 0.25) is 15.9 Å². The molecule has 13 nitrogen and oxygen atoms in total. The number of benzene rings is 1. The number of nitrogens with zero attached hydrogens (tertiary/aromatic N) is 3. The van der Waals surface area contributed by atoms with E-state index < -0.39 is 52.0 Å². The standard InChI is InChI=1S/C21H30N6O7S/c1-5-6-11-35(33,34)24-16(18(29)30)12-26(13(2)28)27-19(31)21(3,25(4)20(27)32)15-9-7-14(8-10-15)17(22)23/h7-10,16,24H,5-6,11-12H2,1-4H3,(H3,22,23)(H,29,30). The van der Waals surface area contributed by atoms with Crippen LogP contribution in [-0.2, 0) is 29.9 Å². The number of amides is 4. The van der Waals surface area contributed by atoms with Gasteiger partial charge in [0, 0.05) is 19.5 Å². The van der Waals surface area contributed by atoms with Gasteiger partial charge in [0.25, 0.3) is 5.91 Å². The number of hydrogen-bond acceptors (Lipinski definition) is 7. The van der Waals surface area contributed by atoms with E-state index in [1.807, 2.05) is 4.72 Å². The molecule has 2 unspecified atom stereocenters. The molecule has 35 heavy (non-hydrogen) atoms. The second-order valence-corrected chi connectivity index (χ2v) is 10.2. The van der Waals surface area contributed by atoms with Gasteiger partial charge in [0.05, 0.1) is 12.3 Å². The van der Waals surface area contributed by atoms with Crippen LogP contribution in [0.5, 0.6) is 0 Å². The van der Waals surface area contributed by atoms with Crippen LogP contribution < -0.4 is 10.5 Å². The summed E-state index contributed by atoms with van der Waals surface area (Å²) in [7, 11) is -2.65. The van der Waals surface area contributed by atoms with Gasteiger partial charge in [-0.3, -0.25) is 19.8 Å². The van der Waals surface area contributed by atoms with Gasteiger partial charge in [-0.1, -0.05) is 37.6 Å². The van der Waals surface area contributed by atoms with Crippen molar-refractivity contribution in [2.45, 2.75) is 45.2 Å². The highest BCUT2D eigenvalue weighted by molar-refractivity contribution is 7.89. The van der Waals surface area contributed by atoms with E-state index in [0.717, 1.165) is 11.8 Å². The molecule has 1 aliphatic rings. The molecule has 192 valence electrons. The van der Waals surface area contributed by atoms with Crippen molar-refractivity contribution in [2.24, 2.45) is 5.73 Å². The number of carbonyl (C=O) groups excluding carboxylic acids is 3. The molecule has 0 spiro atoms. The van der Waals surface area contributed by atoms with Crippen molar-refractivity contribution in [3.63, 3.8) is 0 Å². The van der Waals surface area contributed by atoms with Crippen LogP contribution in [0.25, 0.3) is 0 Å². The van der Waals surface area contributed by atoms with Gasteiger partial charge in [-0.05, 0) is 18.9 Å². The van der Waals surface area contributed by atoms with E-state index in [1.54, 1.807) is 6.92 Å². The molecule has 1 fully saturated rings. The number of carbonyl (C=O) groups is 4. The number of urea groups is 1. The zero-order valence-electron chi connectivity index (χ0n) is 19.9. The Bertz CT molecular complexity index is 1140. The number of carboxylic acid groups (broad SMARTS) is 1. The van der Waals surface area contributed by atoms with Gasteiger partial charge in [-0.2, -0.15) is 9.73 Å². The molecule has 2 atom stereocenters. The predicted octanol–water partition coefficient (Wildman–Crippen LogP) is 0.0161. The summed E-state index contributed by atoms with van der Waals surface area (Å²) in [5, 5.41) is 18.2. The van der Waals surface area contributed by atoms with Crippen molar-refractivity contribution in [3.8, 4) is 0 Å². The molecule has 1 aliphatic heterocycles. The normalized spacial score (nSPS) is 19.1. The molecule has 2 rings (SSSR count). The highest BCUT2D eigenvalue weighted by Gasteiger charge is 2.56. The maximum atomic E-state index is 13.5. The molecule has 0 bridgehead atoms. The van der Waals surface area contributed by atoms with Crippen molar-refractivity contribution < 1.29 is 32.7 Å². The summed E-state index contributed by atoms with van der Waals surface area (Å²) in [6, 6.07) is 3.34. The summed E-state index contributed by atoms with van der Waals surface area (Å²) >= 11 is 0. The molecule has 0 aliphatic carbocycles. The number of rotatable bonds is 11. The number of imide groups is 1. The van der Waals surface area contributed by atoms with Crippen LogP contribution in [-0.4, -0.2) is 83.5 Å². The lowest BCUT2D eigenvalue weighted by Gasteiger charge is -2.31. The highest BCUT2D eigenvalue weighted by Crippen LogP contribution is 2.37. The van der Waals surface area contributed by atoms with Gasteiger partial charge >= 0.3 is 12.0 Å². The second kappa shape index (κ2) is 10.4. The third-order valence-electron chi connectivity index (χ3n) is 5.85. The minimum Gasteiger partial charge on any atom is -0.480 e. The van der Waals surface area contributed by atoms with Crippen molar-refractivity contribution >= 4 is 39.7 Å². The Morgan fingerprint density at radius 1 is 1.26 bits per heavy atom. The third-order valence-corrected chi connectivity index (χ3v) is 7.32. The Morgan fingerprint density at radius 2 is 1.83 bits per heavy atom. The Balaban J connectivity index is 2.42. The van der Waals surface area contributed by atoms with E-state index in [2.05, 4.69) is 0 Å². The van der Waals surface area contributed by atoms with Gasteiger partial charge in [0.15, 0.2) is 0 Å². The number of carboxylic acids is 1. The molecule has 1 heterocycles. The highest BCUT2D eigenvalue weighted by atomic mass is 32.2. The van der Waals surface area contributed by atoms with Crippen LogP contribution in [0.3, 0.4) is 0 Å². The zero-order valence-corrected chi connectivity index (χ0v) is 20.8. The van der Waals surface area contributed by atoms with Crippen molar-refractivity contribution in [3.05, 3.63) is 35.4 Å². The van der Waals surface area contributed by atoms with Crippen LogP contribution in [0, 0.1) is 5.41 Å². The number of unbranched alkanes of at least 4 members (excludes halogenated alkanes) is 1. The van der Waals surface area contributed by atoms with Gasteiger partial charge in [-0.15, -0.1) is 0 Å². The van der Waals surface area contributed by atoms with Crippen LogP contribution in [0.4, 0.5) is 4.79 Å². The zero-order chi connectivity index (χ0) is 26.7. The summed E-state index contributed by atoms with van der Waals surface area (Å²) in [6.07, 6.45) is 0.861. The molecular formula is C21H30N6O7S. The third kappa shape index (κ3) is 5.59. The number of amidine groups is 1. The van der Waals surface area contributed by atoms with Crippen LogP contribution in [0.1, 0.15) is 44.7 Å². The number of nitrogens with two attached hydrogens (primary N) is 1. The van der Waals surface area contributed by atoms with E-state index in [0.29, 0.717) is 34.0 Å². The van der Waals surface area contributed by atoms with Gasteiger partial charge in [0.1, 0.15) is 17.4 Å². The minimum atomic E-state index is -3.99. The first kappa shape index (κ1) is 27.7. The average Bonchev–Trinajstić information content (AvgIpc) is 2.95. The fourth-order valence-corrected chi connectivity index (χ4v) is 4.97. The number of likely N-dealkylation sites (N-methyl/N-ethyl adjacent to an activating group) is 1. The Morgan fingerprint density at radius 3 is 2.29 bits per heavy atom. The fraction of sp³-hybridized carbons (Fsp3) is 0.476. The van der Waals surface area contributed by atoms with Crippen LogP contribution in [0.15, 0.2) is 24.3 Å². The second-order valence-electron chi connectivity index (χ2n) is 8.30. The number of aliphatic carboxylic acids is 1. The first-order chi connectivity index (χ1) is 16.2. The van der Waals surface area contributed by atoms with E-state index in [4.69, 9.17) is 11.1 Å². The summed E-state index contributed by atoms with van der Waals surface area (Å²) in [5.41, 5.74) is 4.66. The molecule has 0 saturated carbocycles. The topological polar surface area (TPSA) is 194 Å². The predicted molar refractivity (Wildman–Crippen MR) is 125 cm³/mol. The van der Waals surface area contributed by atoms with E-state index in [1.165, 1.54) is 38.2 Å². The van der Waals surface area contributed by atoms with Gasteiger partial charge < -0.3 is 15.7 Å². The Labute approximate surface area is 203 Å². The van der Waals surface area contributed by atoms with E-state index >= 15 is 0 Å². The molecule has 1 aromatic rings. The molecule has 4 amide bonds. The Hall–Kier alpha value is -3.52. The average molecular weight is 511 g/mol. The van der Waals surface area contributed by atoms with Crippen LogP contribution in [0.2, 0.25) is 0 Å². The fourth-order valence-electron chi connectivity index (χ4n) is 3.57.